The Balaban J connectivity index is 1.75. The third-order valence-corrected chi connectivity index (χ3v) is 4.29. The SMILES string of the molecule is Nc1nnc(CN2CC(=O)N3CCCCC3C2=O)s1. The van der Waals surface area contributed by atoms with Crippen LogP contribution in [0.3, 0.4) is 0 Å². The van der Waals surface area contributed by atoms with Gasteiger partial charge in [-0.25, -0.2) is 0 Å². The van der Waals surface area contributed by atoms with Gasteiger partial charge in [-0.05, 0) is 19.3 Å². The number of nitrogens with zero attached hydrogens (tertiary/aromatic N) is 4. The van der Waals surface area contributed by atoms with Gasteiger partial charge >= 0.3 is 0 Å². The largest absolute Gasteiger partial charge is 0.374 e. The zero-order valence-electron chi connectivity index (χ0n) is 10.4. The second kappa shape index (κ2) is 4.76. The Labute approximate surface area is 114 Å². The van der Waals surface area contributed by atoms with Crippen LogP contribution in [0.15, 0.2) is 0 Å². The predicted molar refractivity (Wildman–Crippen MR) is 69.1 cm³/mol. The molecule has 0 spiro atoms. The van der Waals surface area contributed by atoms with Crippen molar-refractivity contribution in [2.24, 2.45) is 0 Å². The maximum absolute atomic E-state index is 12.4. The molecule has 1 atom stereocenters. The number of fused-ring (bicyclic) bond motifs is 1. The third kappa shape index (κ3) is 2.27. The number of rotatable bonds is 2. The van der Waals surface area contributed by atoms with Crippen LogP contribution in [0.25, 0.3) is 0 Å². The van der Waals surface area contributed by atoms with Crippen LogP contribution < -0.4 is 5.73 Å². The van der Waals surface area contributed by atoms with Crippen molar-refractivity contribution in [1.82, 2.24) is 20.0 Å². The molecule has 0 saturated carbocycles. The summed E-state index contributed by atoms with van der Waals surface area (Å²) in [6, 6.07) is -0.278. The number of hydrogen-bond donors (Lipinski definition) is 1. The van der Waals surface area contributed by atoms with E-state index in [-0.39, 0.29) is 24.4 Å². The normalized spacial score (nSPS) is 23.7. The number of nitrogen functional groups attached to an aromatic ring is 1. The third-order valence-electron chi connectivity index (χ3n) is 3.55. The number of carbonyl (C=O) groups excluding carboxylic acids is 2. The number of piperazine rings is 1. The average Bonchev–Trinajstić information content (AvgIpc) is 2.81. The van der Waals surface area contributed by atoms with Crippen molar-refractivity contribution in [2.45, 2.75) is 31.8 Å². The highest BCUT2D eigenvalue weighted by atomic mass is 32.1. The molecule has 3 heterocycles. The molecular formula is C11H15N5O2S. The lowest BCUT2D eigenvalue weighted by Gasteiger charge is -2.42. The fourth-order valence-electron chi connectivity index (χ4n) is 2.66. The highest BCUT2D eigenvalue weighted by Gasteiger charge is 2.40. The molecule has 2 N–H and O–H groups in total. The molecular weight excluding hydrogens is 266 g/mol. The van der Waals surface area contributed by atoms with Gasteiger partial charge in [0.05, 0.1) is 6.54 Å². The molecule has 8 heteroatoms. The minimum Gasteiger partial charge on any atom is -0.374 e. The van der Waals surface area contributed by atoms with Gasteiger partial charge in [-0.1, -0.05) is 11.3 Å². The lowest BCUT2D eigenvalue weighted by Crippen LogP contribution is -2.60. The van der Waals surface area contributed by atoms with Gasteiger partial charge in [-0.3, -0.25) is 9.59 Å². The van der Waals surface area contributed by atoms with Crippen LogP contribution in [-0.4, -0.2) is 50.9 Å². The van der Waals surface area contributed by atoms with Gasteiger partial charge in [0.2, 0.25) is 16.9 Å². The summed E-state index contributed by atoms with van der Waals surface area (Å²) in [5, 5.41) is 8.67. The summed E-state index contributed by atoms with van der Waals surface area (Å²) in [5.41, 5.74) is 5.52. The molecule has 2 saturated heterocycles. The van der Waals surface area contributed by atoms with Gasteiger partial charge in [0.15, 0.2) is 0 Å². The average molecular weight is 281 g/mol. The van der Waals surface area contributed by atoms with Crippen LogP contribution in [-0.2, 0) is 16.1 Å². The summed E-state index contributed by atoms with van der Waals surface area (Å²) in [6.07, 6.45) is 2.75. The van der Waals surface area contributed by atoms with E-state index in [0.29, 0.717) is 23.2 Å². The Hall–Kier alpha value is -1.70. The minimum absolute atomic E-state index is 0.0214. The Morgan fingerprint density at radius 1 is 1.32 bits per heavy atom. The number of nitrogens with two attached hydrogens (primary N) is 1. The van der Waals surface area contributed by atoms with Crippen molar-refractivity contribution in [3.63, 3.8) is 0 Å². The molecule has 0 bridgehead atoms. The van der Waals surface area contributed by atoms with Crippen molar-refractivity contribution >= 4 is 28.3 Å². The first kappa shape index (κ1) is 12.3. The summed E-state index contributed by atoms with van der Waals surface area (Å²) < 4.78 is 0. The van der Waals surface area contributed by atoms with Crippen molar-refractivity contribution in [3.05, 3.63) is 5.01 Å². The summed E-state index contributed by atoms with van der Waals surface area (Å²) in [7, 11) is 0. The van der Waals surface area contributed by atoms with Crippen LogP contribution in [0.2, 0.25) is 0 Å². The molecule has 19 heavy (non-hydrogen) atoms. The van der Waals surface area contributed by atoms with Gasteiger partial charge in [0, 0.05) is 6.54 Å². The molecule has 0 aromatic carbocycles. The second-order valence-electron chi connectivity index (χ2n) is 4.83. The molecule has 2 aliphatic heterocycles. The number of anilines is 1. The molecule has 1 unspecified atom stereocenters. The standard InChI is InChI=1S/C11H15N5O2S/c12-11-14-13-8(19-11)5-15-6-9(17)16-4-2-1-3-7(16)10(15)18/h7H,1-6H2,(H2,12,14). The molecule has 1 aromatic heterocycles. The number of hydrogen-bond acceptors (Lipinski definition) is 6. The van der Waals surface area contributed by atoms with Crippen molar-refractivity contribution < 1.29 is 9.59 Å². The van der Waals surface area contributed by atoms with Crippen LogP contribution in [0, 0.1) is 0 Å². The molecule has 102 valence electrons. The number of carbonyl (C=O) groups is 2. The van der Waals surface area contributed by atoms with Crippen molar-refractivity contribution in [1.29, 1.82) is 0 Å². The summed E-state index contributed by atoms with van der Waals surface area (Å²) in [6.45, 7) is 1.16. The second-order valence-corrected chi connectivity index (χ2v) is 5.92. The van der Waals surface area contributed by atoms with Gasteiger partial charge in [0.1, 0.15) is 17.6 Å². The molecule has 2 amide bonds. The number of aromatic nitrogens is 2. The first-order chi connectivity index (χ1) is 9.15. The van der Waals surface area contributed by atoms with Crippen molar-refractivity contribution in [3.8, 4) is 0 Å². The van der Waals surface area contributed by atoms with Crippen LogP contribution in [0.5, 0.6) is 0 Å². The van der Waals surface area contributed by atoms with E-state index in [1.807, 2.05) is 0 Å². The summed E-state index contributed by atoms with van der Waals surface area (Å²) in [4.78, 5) is 27.7. The summed E-state index contributed by atoms with van der Waals surface area (Å²) in [5.74, 6) is 0.0508. The van der Waals surface area contributed by atoms with Crippen molar-refractivity contribution in [2.75, 3.05) is 18.8 Å². The predicted octanol–water partition coefficient (Wildman–Crippen LogP) is -0.156. The molecule has 2 fully saturated rings. The Kier molecular flexibility index (Phi) is 3.09. The lowest BCUT2D eigenvalue weighted by molar-refractivity contribution is -0.158. The highest BCUT2D eigenvalue weighted by Crippen LogP contribution is 2.24. The maximum atomic E-state index is 12.4. The topological polar surface area (TPSA) is 92.4 Å². The van der Waals surface area contributed by atoms with E-state index in [0.717, 1.165) is 19.3 Å². The fraction of sp³-hybridized carbons (Fsp3) is 0.636. The molecule has 3 rings (SSSR count). The summed E-state index contributed by atoms with van der Waals surface area (Å²) >= 11 is 1.25. The van der Waals surface area contributed by atoms with Gasteiger partial charge in [-0.15, -0.1) is 10.2 Å². The Morgan fingerprint density at radius 2 is 2.16 bits per heavy atom. The Morgan fingerprint density at radius 3 is 2.89 bits per heavy atom. The van der Waals surface area contributed by atoms with E-state index < -0.39 is 0 Å². The maximum Gasteiger partial charge on any atom is 0.246 e. The first-order valence-electron chi connectivity index (χ1n) is 6.31. The zero-order chi connectivity index (χ0) is 13.4. The molecule has 0 radical (unpaired) electrons. The number of piperidine rings is 1. The van der Waals surface area contributed by atoms with Crippen LogP contribution >= 0.6 is 11.3 Å². The number of amides is 2. The monoisotopic (exact) mass is 281 g/mol. The van der Waals surface area contributed by atoms with Crippen LogP contribution in [0.1, 0.15) is 24.3 Å². The molecule has 7 nitrogen and oxygen atoms in total. The fourth-order valence-corrected chi connectivity index (χ4v) is 3.28. The molecule has 1 aromatic rings. The Bertz CT molecular complexity index is 517. The first-order valence-corrected chi connectivity index (χ1v) is 7.13. The zero-order valence-corrected chi connectivity index (χ0v) is 11.2. The van der Waals surface area contributed by atoms with Gasteiger partial charge < -0.3 is 15.5 Å². The van der Waals surface area contributed by atoms with E-state index in [1.54, 1.807) is 9.80 Å². The lowest BCUT2D eigenvalue weighted by atomic mass is 9.98. The van der Waals surface area contributed by atoms with E-state index in [4.69, 9.17) is 5.73 Å². The quantitative estimate of drug-likeness (QED) is 0.813. The molecule has 2 aliphatic rings. The highest BCUT2D eigenvalue weighted by molar-refractivity contribution is 7.15. The van der Waals surface area contributed by atoms with Gasteiger partial charge in [0.25, 0.3) is 0 Å². The van der Waals surface area contributed by atoms with E-state index in [9.17, 15) is 9.59 Å². The van der Waals surface area contributed by atoms with Gasteiger partial charge in [-0.2, -0.15) is 0 Å². The smallest absolute Gasteiger partial charge is 0.246 e. The minimum atomic E-state index is -0.278. The van der Waals surface area contributed by atoms with E-state index in [1.165, 1.54) is 11.3 Å². The van der Waals surface area contributed by atoms with E-state index >= 15 is 0 Å². The van der Waals surface area contributed by atoms with E-state index in [2.05, 4.69) is 10.2 Å². The van der Waals surface area contributed by atoms with Crippen LogP contribution in [0.4, 0.5) is 5.13 Å². The molecule has 0 aliphatic carbocycles.